The molecule has 0 bridgehead atoms. The van der Waals surface area contributed by atoms with Gasteiger partial charge in [-0.25, -0.2) is 0 Å². The number of hydrogen-bond acceptors (Lipinski definition) is 2. The molecule has 53 heavy (non-hydrogen) atoms. The highest BCUT2D eigenvalue weighted by atomic mass is 15.1. The Bertz CT molecular complexity index is 2480. The number of anilines is 6. The Morgan fingerprint density at radius 3 is 1.21 bits per heavy atom. The van der Waals surface area contributed by atoms with Gasteiger partial charge in [-0.1, -0.05) is 148 Å². The third-order valence-corrected chi connectivity index (χ3v) is 10.9. The van der Waals surface area contributed by atoms with Crippen molar-refractivity contribution in [3.05, 3.63) is 205 Å². The Labute approximate surface area is 312 Å². The second-order valence-corrected chi connectivity index (χ2v) is 14.3. The summed E-state index contributed by atoms with van der Waals surface area (Å²) >= 11 is 0. The fraction of sp³-hybridized carbons (Fsp3) is 0.0588. The van der Waals surface area contributed by atoms with Gasteiger partial charge in [0.2, 0.25) is 0 Å². The largest absolute Gasteiger partial charge is 0.310 e. The highest BCUT2D eigenvalue weighted by molar-refractivity contribution is 6.01. The smallest absolute Gasteiger partial charge is 0.0540 e. The molecule has 2 nitrogen and oxygen atoms in total. The molecule has 2 heteroatoms. The average molecular weight is 681 g/mol. The van der Waals surface area contributed by atoms with E-state index in [2.05, 4.69) is 207 Å². The van der Waals surface area contributed by atoms with Crippen LogP contribution in [0.25, 0.3) is 44.8 Å². The lowest BCUT2D eigenvalue weighted by Gasteiger charge is -2.30. The van der Waals surface area contributed by atoms with Crippen LogP contribution >= 0.6 is 0 Å². The van der Waals surface area contributed by atoms with Crippen molar-refractivity contribution in [2.24, 2.45) is 0 Å². The minimum Gasteiger partial charge on any atom is -0.310 e. The van der Waals surface area contributed by atoms with Crippen LogP contribution in [0.5, 0.6) is 0 Å². The van der Waals surface area contributed by atoms with Crippen LogP contribution in [0.4, 0.5) is 34.1 Å². The maximum Gasteiger partial charge on any atom is 0.0540 e. The third kappa shape index (κ3) is 5.43. The lowest BCUT2D eigenvalue weighted by molar-refractivity contribution is 0.660. The molecule has 0 unspecified atom stereocenters. The minimum atomic E-state index is -0.245. The molecule has 1 aliphatic carbocycles. The van der Waals surface area contributed by atoms with Crippen molar-refractivity contribution in [3.63, 3.8) is 0 Å². The summed E-state index contributed by atoms with van der Waals surface area (Å²) < 4.78 is 0. The monoisotopic (exact) mass is 680 g/mol. The van der Waals surface area contributed by atoms with Crippen LogP contribution in [-0.4, -0.2) is 0 Å². The SMILES string of the molecule is C=Cc1ccc(N(c2ccc3c(c2)C(C)(C)c2cc(N(c4ccc(C=C)cc4)c4cccc5ccccc45)ccc2-3)c2cccc3ccccc23)cc1. The predicted molar refractivity (Wildman–Crippen MR) is 229 cm³/mol. The van der Waals surface area contributed by atoms with Gasteiger partial charge in [0.1, 0.15) is 0 Å². The highest BCUT2D eigenvalue weighted by Crippen LogP contribution is 2.53. The first-order chi connectivity index (χ1) is 25.9. The molecule has 8 aromatic carbocycles. The molecule has 0 aliphatic heterocycles. The predicted octanol–water partition coefficient (Wildman–Crippen LogP) is 14.5. The fourth-order valence-electron chi connectivity index (χ4n) is 8.17. The Balaban J connectivity index is 1.19. The molecule has 0 saturated carbocycles. The quantitative estimate of drug-likeness (QED) is 0.158. The fourth-order valence-corrected chi connectivity index (χ4v) is 8.17. The Hall–Kier alpha value is -6.64. The van der Waals surface area contributed by atoms with Gasteiger partial charge in [0.05, 0.1) is 11.4 Å². The van der Waals surface area contributed by atoms with E-state index in [1.54, 1.807) is 0 Å². The maximum atomic E-state index is 3.99. The van der Waals surface area contributed by atoms with E-state index in [4.69, 9.17) is 0 Å². The maximum absolute atomic E-state index is 3.99. The van der Waals surface area contributed by atoms with Gasteiger partial charge in [0.15, 0.2) is 0 Å². The number of benzene rings is 8. The molecule has 9 rings (SSSR count). The van der Waals surface area contributed by atoms with E-state index in [1.807, 2.05) is 12.2 Å². The molecule has 8 aromatic rings. The van der Waals surface area contributed by atoms with Crippen molar-refractivity contribution in [2.45, 2.75) is 19.3 Å². The summed E-state index contributed by atoms with van der Waals surface area (Å²) in [5.41, 5.74) is 13.9. The average Bonchev–Trinajstić information content (AvgIpc) is 3.43. The zero-order valence-corrected chi connectivity index (χ0v) is 30.1. The lowest BCUT2D eigenvalue weighted by Crippen LogP contribution is -2.18. The topological polar surface area (TPSA) is 6.48 Å². The Morgan fingerprint density at radius 1 is 0.415 bits per heavy atom. The molecule has 0 radical (unpaired) electrons. The van der Waals surface area contributed by atoms with Gasteiger partial charge >= 0.3 is 0 Å². The second kappa shape index (κ2) is 12.8. The summed E-state index contributed by atoms with van der Waals surface area (Å²) in [7, 11) is 0. The van der Waals surface area contributed by atoms with Gasteiger partial charge in [0.25, 0.3) is 0 Å². The van der Waals surface area contributed by atoms with Crippen molar-refractivity contribution in [2.75, 3.05) is 9.80 Å². The van der Waals surface area contributed by atoms with Gasteiger partial charge in [-0.2, -0.15) is 0 Å². The minimum absolute atomic E-state index is 0.245. The number of rotatable bonds is 8. The lowest BCUT2D eigenvalue weighted by atomic mass is 9.82. The number of nitrogens with zero attached hydrogens (tertiary/aromatic N) is 2. The van der Waals surface area contributed by atoms with Gasteiger partial charge in [0, 0.05) is 38.9 Å². The number of hydrogen-bond donors (Lipinski definition) is 0. The summed E-state index contributed by atoms with van der Waals surface area (Å²) in [6.07, 6.45) is 3.79. The van der Waals surface area contributed by atoms with Crippen molar-refractivity contribution >= 4 is 67.8 Å². The molecule has 0 spiro atoms. The summed E-state index contributed by atoms with van der Waals surface area (Å²) in [6, 6.07) is 61.8. The first-order valence-corrected chi connectivity index (χ1v) is 18.2. The molecule has 0 amide bonds. The Kier molecular flexibility index (Phi) is 7.82. The first kappa shape index (κ1) is 32.3. The van der Waals surface area contributed by atoms with E-state index in [-0.39, 0.29) is 5.41 Å². The van der Waals surface area contributed by atoms with E-state index < -0.39 is 0 Å². The first-order valence-electron chi connectivity index (χ1n) is 18.2. The van der Waals surface area contributed by atoms with Crippen LogP contribution in [0.15, 0.2) is 183 Å². The molecule has 0 saturated heterocycles. The normalized spacial score (nSPS) is 12.6. The summed E-state index contributed by atoms with van der Waals surface area (Å²) in [6.45, 7) is 12.7. The summed E-state index contributed by atoms with van der Waals surface area (Å²) in [4.78, 5) is 4.80. The molecular weight excluding hydrogens is 641 g/mol. The number of fused-ring (bicyclic) bond motifs is 5. The highest BCUT2D eigenvalue weighted by Gasteiger charge is 2.37. The van der Waals surface area contributed by atoms with E-state index in [0.29, 0.717) is 0 Å². The van der Waals surface area contributed by atoms with Gasteiger partial charge in [-0.05, 0) is 105 Å². The van der Waals surface area contributed by atoms with Crippen molar-refractivity contribution in [1.29, 1.82) is 0 Å². The van der Waals surface area contributed by atoms with Crippen molar-refractivity contribution < 1.29 is 0 Å². The molecule has 0 N–H and O–H groups in total. The molecule has 254 valence electrons. The van der Waals surface area contributed by atoms with E-state index >= 15 is 0 Å². The van der Waals surface area contributed by atoms with Crippen LogP contribution in [0.1, 0.15) is 36.1 Å². The van der Waals surface area contributed by atoms with E-state index in [1.165, 1.54) is 43.8 Å². The van der Waals surface area contributed by atoms with Gasteiger partial charge in [-0.3, -0.25) is 0 Å². The molecule has 1 aliphatic rings. The summed E-state index contributed by atoms with van der Waals surface area (Å²) in [5, 5.41) is 4.86. The molecular formula is C51H40N2. The molecule has 0 aromatic heterocycles. The zero-order chi connectivity index (χ0) is 36.1. The zero-order valence-electron chi connectivity index (χ0n) is 30.1. The van der Waals surface area contributed by atoms with Gasteiger partial charge < -0.3 is 9.80 Å². The molecule has 0 heterocycles. The Morgan fingerprint density at radius 2 is 0.792 bits per heavy atom. The van der Waals surface area contributed by atoms with Gasteiger partial charge in [-0.15, -0.1) is 0 Å². The third-order valence-electron chi connectivity index (χ3n) is 10.9. The summed E-state index contributed by atoms with van der Waals surface area (Å²) in [5.74, 6) is 0. The van der Waals surface area contributed by atoms with Crippen LogP contribution < -0.4 is 9.80 Å². The van der Waals surface area contributed by atoms with Crippen LogP contribution in [-0.2, 0) is 5.41 Å². The second-order valence-electron chi connectivity index (χ2n) is 14.3. The van der Waals surface area contributed by atoms with Crippen LogP contribution in [0.3, 0.4) is 0 Å². The van der Waals surface area contributed by atoms with Crippen LogP contribution in [0.2, 0.25) is 0 Å². The standard InChI is InChI=1S/C51H40N2/c1-5-35-21-25-39(26-22-35)52(49-19-11-15-37-13-7-9-17-43(37)49)41-29-31-45-46-32-30-42(34-48(46)51(3,4)47(45)33-41)53(40-27-23-36(6-2)24-28-40)50-20-12-16-38-14-8-10-18-44(38)50/h5-34H,1-2H2,3-4H3. The van der Waals surface area contributed by atoms with Crippen LogP contribution in [0, 0.1) is 0 Å². The molecule has 0 fully saturated rings. The molecule has 0 atom stereocenters. The van der Waals surface area contributed by atoms with E-state index in [9.17, 15) is 0 Å². The van der Waals surface area contributed by atoms with Crippen molar-refractivity contribution in [3.8, 4) is 11.1 Å². The van der Waals surface area contributed by atoms with Crippen molar-refractivity contribution in [1.82, 2.24) is 0 Å². The van der Waals surface area contributed by atoms with E-state index in [0.717, 1.165) is 45.3 Å².